The summed E-state index contributed by atoms with van der Waals surface area (Å²) in [6.45, 7) is 11.4. The summed E-state index contributed by atoms with van der Waals surface area (Å²) in [4.78, 5) is 7.32. The minimum Gasteiger partial charge on any atom is -0.381 e. The van der Waals surface area contributed by atoms with Crippen LogP contribution in [0.2, 0.25) is 0 Å². The maximum Gasteiger partial charge on any atom is 0.191 e. The first kappa shape index (κ1) is 26.2. The normalized spacial score (nSPS) is 15.7. The van der Waals surface area contributed by atoms with Crippen molar-refractivity contribution in [2.24, 2.45) is 4.99 Å². The van der Waals surface area contributed by atoms with Crippen molar-refractivity contribution >= 4 is 29.9 Å². The van der Waals surface area contributed by atoms with E-state index in [1.807, 2.05) is 0 Å². The van der Waals surface area contributed by atoms with Crippen molar-refractivity contribution in [3.05, 3.63) is 35.9 Å². The van der Waals surface area contributed by atoms with Gasteiger partial charge in [0.15, 0.2) is 5.96 Å². The molecule has 0 saturated carbocycles. The van der Waals surface area contributed by atoms with E-state index in [4.69, 9.17) is 9.73 Å². The maximum atomic E-state index is 5.76. The first-order chi connectivity index (χ1) is 13.8. The number of rotatable bonds is 12. The van der Waals surface area contributed by atoms with Crippen LogP contribution >= 0.6 is 24.0 Å². The van der Waals surface area contributed by atoms with Gasteiger partial charge in [-0.25, -0.2) is 0 Å². The van der Waals surface area contributed by atoms with Crippen molar-refractivity contribution in [2.45, 2.75) is 58.4 Å². The number of guanidine groups is 1. The summed E-state index contributed by atoms with van der Waals surface area (Å²) >= 11 is 0. The lowest BCUT2D eigenvalue weighted by Gasteiger charge is -2.32. The molecule has 1 aliphatic rings. The van der Waals surface area contributed by atoms with Gasteiger partial charge in [-0.05, 0) is 57.6 Å². The van der Waals surface area contributed by atoms with E-state index in [9.17, 15) is 0 Å². The van der Waals surface area contributed by atoms with Crippen LogP contribution in [-0.4, -0.2) is 62.8 Å². The molecule has 2 N–H and O–H groups in total. The lowest BCUT2D eigenvalue weighted by molar-refractivity contribution is 0.134. The third kappa shape index (κ3) is 11.8. The van der Waals surface area contributed by atoms with E-state index in [0.29, 0.717) is 6.04 Å². The van der Waals surface area contributed by atoms with Crippen LogP contribution in [0.3, 0.4) is 0 Å². The predicted octanol–water partition coefficient (Wildman–Crippen LogP) is 4.07. The topological polar surface area (TPSA) is 48.9 Å². The van der Waals surface area contributed by atoms with Crippen LogP contribution in [0.25, 0.3) is 0 Å². The zero-order chi connectivity index (χ0) is 19.9. The number of benzene rings is 1. The molecular formula is C23H41IN4O. The smallest absolute Gasteiger partial charge is 0.191 e. The fraction of sp³-hybridized carbons (Fsp3) is 0.696. The molecule has 0 atom stereocenters. The van der Waals surface area contributed by atoms with Gasteiger partial charge in [0.1, 0.15) is 0 Å². The number of hydrogen-bond donors (Lipinski definition) is 2. The SMILES string of the molecule is CCCN1CCC(NC(=NCCCCOCCc2ccccc2)NCC)CC1.I. The molecule has 1 saturated heterocycles. The molecule has 1 aliphatic heterocycles. The molecule has 6 heteroatoms. The second-order valence-corrected chi connectivity index (χ2v) is 7.58. The number of nitrogens with zero attached hydrogens (tertiary/aromatic N) is 2. The lowest BCUT2D eigenvalue weighted by atomic mass is 10.1. The zero-order valence-corrected chi connectivity index (χ0v) is 20.7. The predicted molar refractivity (Wildman–Crippen MR) is 134 cm³/mol. The first-order valence-electron chi connectivity index (χ1n) is 11.2. The molecule has 0 aromatic heterocycles. The number of likely N-dealkylation sites (tertiary alicyclic amines) is 1. The summed E-state index contributed by atoms with van der Waals surface area (Å²) in [6, 6.07) is 11.1. The van der Waals surface area contributed by atoms with E-state index >= 15 is 0 Å². The Labute approximate surface area is 195 Å². The molecule has 1 heterocycles. The van der Waals surface area contributed by atoms with E-state index in [1.165, 1.54) is 44.5 Å². The van der Waals surface area contributed by atoms with Gasteiger partial charge in [0, 0.05) is 38.8 Å². The quantitative estimate of drug-likeness (QED) is 0.190. The largest absolute Gasteiger partial charge is 0.381 e. The highest BCUT2D eigenvalue weighted by atomic mass is 127. The van der Waals surface area contributed by atoms with Crippen molar-refractivity contribution in [3.8, 4) is 0 Å². The molecule has 1 aromatic carbocycles. The summed E-state index contributed by atoms with van der Waals surface area (Å²) in [5.74, 6) is 0.974. The Balaban J connectivity index is 0.00000420. The summed E-state index contributed by atoms with van der Waals surface area (Å²) in [6.07, 6.45) is 6.78. The molecule has 0 bridgehead atoms. The van der Waals surface area contributed by atoms with Crippen LogP contribution in [-0.2, 0) is 11.2 Å². The molecule has 1 aromatic rings. The molecule has 2 rings (SSSR count). The highest BCUT2D eigenvalue weighted by Gasteiger charge is 2.19. The van der Waals surface area contributed by atoms with Gasteiger partial charge in [-0.15, -0.1) is 24.0 Å². The first-order valence-corrected chi connectivity index (χ1v) is 11.2. The Morgan fingerprint density at radius 1 is 1.10 bits per heavy atom. The van der Waals surface area contributed by atoms with Crippen LogP contribution in [0.4, 0.5) is 0 Å². The van der Waals surface area contributed by atoms with Crippen LogP contribution in [0.5, 0.6) is 0 Å². The van der Waals surface area contributed by atoms with Gasteiger partial charge in [0.2, 0.25) is 0 Å². The van der Waals surface area contributed by atoms with Gasteiger partial charge in [-0.1, -0.05) is 37.3 Å². The Kier molecular flexibility index (Phi) is 15.2. The molecule has 0 aliphatic carbocycles. The Bertz CT molecular complexity index is 533. The van der Waals surface area contributed by atoms with Crippen molar-refractivity contribution in [1.29, 1.82) is 0 Å². The number of piperidine rings is 1. The molecule has 0 unspecified atom stereocenters. The highest BCUT2D eigenvalue weighted by Crippen LogP contribution is 2.10. The van der Waals surface area contributed by atoms with Gasteiger partial charge >= 0.3 is 0 Å². The van der Waals surface area contributed by atoms with E-state index in [1.54, 1.807) is 0 Å². The molecule has 29 heavy (non-hydrogen) atoms. The summed E-state index contributed by atoms with van der Waals surface area (Å²) in [5, 5.41) is 7.02. The van der Waals surface area contributed by atoms with Gasteiger partial charge in [-0.3, -0.25) is 4.99 Å². The monoisotopic (exact) mass is 516 g/mol. The van der Waals surface area contributed by atoms with Crippen LogP contribution in [0.15, 0.2) is 35.3 Å². The second-order valence-electron chi connectivity index (χ2n) is 7.58. The van der Waals surface area contributed by atoms with Gasteiger partial charge < -0.3 is 20.3 Å². The highest BCUT2D eigenvalue weighted by molar-refractivity contribution is 14.0. The van der Waals surface area contributed by atoms with Crippen molar-refractivity contribution in [2.75, 3.05) is 45.9 Å². The van der Waals surface area contributed by atoms with Crippen LogP contribution < -0.4 is 10.6 Å². The molecular weight excluding hydrogens is 475 g/mol. The Morgan fingerprint density at radius 2 is 1.86 bits per heavy atom. The third-order valence-electron chi connectivity index (χ3n) is 5.16. The number of ether oxygens (including phenoxy) is 1. The minimum absolute atomic E-state index is 0. The van der Waals surface area contributed by atoms with Crippen molar-refractivity contribution in [1.82, 2.24) is 15.5 Å². The number of hydrogen-bond acceptors (Lipinski definition) is 3. The average molecular weight is 517 g/mol. The van der Waals surface area contributed by atoms with E-state index in [-0.39, 0.29) is 24.0 Å². The average Bonchev–Trinajstić information content (AvgIpc) is 2.72. The standard InChI is InChI=1S/C23H40N4O.HI/c1-3-16-27-17-12-22(13-18-27)26-23(24-4-2)25-15-8-9-19-28-20-14-21-10-6-5-7-11-21;/h5-7,10-11,22H,3-4,8-9,12-20H2,1-2H3,(H2,24,25,26);1H. The maximum absolute atomic E-state index is 5.76. The number of nitrogens with one attached hydrogen (secondary N) is 2. The minimum atomic E-state index is 0. The van der Waals surface area contributed by atoms with Crippen molar-refractivity contribution in [3.63, 3.8) is 0 Å². The summed E-state index contributed by atoms with van der Waals surface area (Å²) in [7, 11) is 0. The molecule has 166 valence electrons. The fourth-order valence-electron chi connectivity index (χ4n) is 3.57. The van der Waals surface area contributed by atoms with Gasteiger partial charge in [0.25, 0.3) is 0 Å². The zero-order valence-electron chi connectivity index (χ0n) is 18.4. The lowest BCUT2D eigenvalue weighted by Crippen LogP contribution is -2.48. The number of unbranched alkanes of at least 4 members (excludes halogenated alkanes) is 1. The van der Waals surface area contributed by atoms with E-state index in [2.05, 4.69) is 59.7 Å². The number of aliphatic imine (C=N–C) groups is 1. The Morgan fingerprint density at radius 3 is 2.55 bits per heavy atom. The molecule has 0 spiro atoms. The molecule has 1 fully saturated rings. The van der Waals surface area contributed by atoms with Gasteiger partial charge in [0.05, 0.1) is 6.61 Å². The van der Waals surface area contributed by atoms with E-state index in [0.717, 1.165) is 51.5 Å². The summed E-state index contributed by atoms with van der Waals surface area (Å²) < 4.78 is 5.76. The van der Waals surface area contributed by atoms with Crippen molar-refractivity contribution < 1.29 is 4.74 Å². The number of halogens is 1. The fourth-order valence-corrected chi connectivity index (χ4v) is 3.57. The van der Waals surface area contributed by atoms with Crippen LogP contribution in [0, 0.1) is 0 Å². The molecule has 0 amide bonds. The second kappa shape index (κ2) is 16.9. The van der Waals surface area contributed by atoms with E-state index < -0.39 is 0 Å². The summed E-state index contributed by atoms with van der Waals surface area (Å²) in [5.41, 5.74) is 1.34. The molecule has 0 radical (unpaired) electrons. The van der Waals surface area contributed by atoms with Gasteiger partial charge in [-0.2, -0.15) is 0 Å². The Hall–Kier alpha value is -0.860. The third-order valence-corrected chi connectivity index (χ3v) is 5.16. The van der Waals surface area contributed by atoms with Crippen LogP contribution in [0.1, 0.15) is 51.5 Å². The molecule has 5 nitrogen and oxygen atoms in total.